The molecule has 2 amide bonds. The molecule has 3 fully saturated rings. The molecule has 0 saturated carbocycles. The molecule has 3 saturated heterocycles. The number of carbonyl (C=O) groups is 2. The fraction of sp³-hybridized carbons (Fsp3) is 0.341. The largest absolute Gasteiger partial charge is 0.354 e. The molecule has 1 unspecified atom stereocenters. The van der Waals surface area contributed by atoms with Crippen molar-refractivity contribution in [3.05, 3.63) is 108 Å². The van der Waals surface area contributed by atoms with Crippen LogP contribution in [0, 0.1) is 5.82 Å². The first kappa shape index (κ1) is 33.2. The number of aryl methyl sites for hydroxylation is 1. The van der Waals surface area contributed by atoms with E-state index in [1.165, 1.54) is 17.0 Å². The van der Waals surface area contributed by atoms with Crippen molar-refractivity contribution in [2.24, 2.45) is 0 Å². The maximum absolute atomic E-state index is 14.1. The summed E-state index contributed by atoms with van der Waals surface area (Å²) in [5.41, 5.74) is 5.73. The number of amides is 2. The summed E-state index contributed by atoms with van der Waals surface area (Å²) in [5.74, 6) is 1.17. The lowest BCUT2D eigenvalue weighted by molar-refractivity contribution is -0.135. The van der Waals surface area contributed by atoms with E-state index in [1.54, 1.807) is 12.1 Å². The van der Waals surface area contributed by atoms with E-state index in [4.69, 9.17) is 10.1 Å². The van der Waals surface area contributed by atoms with Crippen LogP contribution >= 0.6 is 0 Å². The van der Waals surface area contributed by atoms with Crippen molar-refractivity contribution >= 4 is 40.0 Å². The summed E-state index contributed by atoms with van der Waals surface area (Å²) in [5, 5.41) is 8.70. The number of carbonyl (C=O) groups excluding carboxylic acids is 2. The van der Waals surface area contributed by atoms with Crippen molar-refractivity contribution in [2.45, 2.75) is 50.6 Å². The third-order valence-electron chi connectivity index (χ3n) is 11.1. The molecule has 9 rings (SSSR count). The summed E-state index contributed by atoms with van der Waals surface area (Å²) in [7, 11) is 0. The van der Waals surface area contributed by atoms with Crippen LogP contribution in [0.2, 0.25) is 0 Å². The Kier molecular flexibility index (Phi) is 8.82. The number of anilines is 2. The van der Waals surface area contributed by atoms with Crippen molar-refractivity contribution in [1.82, 2.24) is 34.4 Å². The van der Waals surface area contributed by atoms with Gasteiger partial charge in [-0.3, -0.25) is 19.8 Å². The fourth-order valence-electron chi connectivity index (χ4n) is 8.42. The minimum atomic E-state index is -0.349. The van der Waals surface area contributed by atoms with Crippen molar-refractivity contribution in [1.29, 1.82) is 0 Å². The molecule has 53 heavy (non-hydrogen) atoms. The van der Waals surface area contributed by atoms with Gasteiger partial charge in [0.2, 0.25) is 11.8 Å². The Bertz CT molecular complexity index is 2310. The number of imide groups is 1. The number of halogens is 1. The smallest absolute Gasteiger partial charge is 0.249 e. The van der Waals surface area contributed by atoms with Gasteiger partial charge in [-0.2, -0.15) is 0 Å². The summed E-state index contributed by atoms with van der Waals surface area (Å²) in [6.45, 7) is 5.59. The summed E-state index contributed by atoms with van der Waals surface area (Å²) >= 11 is 0. The second kappa shape index (κ2) is 14.1. The number of pyridine rings is 1. The Morgan fingerprint density at radius 2 is 1.72 bits per heavy atom. The molecule has 0 radical (unpaired) electrons. The van der Waals surface area contributed by atoms with Gasteiger partial charge in [-0.1, -0.05) is 30.3 Å². The van der Waals surface area contributed by atoms with E-state index in [0.717, 1.165) is 105 Å². The Hall–Kier alpha value is -5.62. The van der Waals surface area contributed by atoms with E-state index in [2.05, 4.69) is 61.4 Å². The second-order valence-electron chi connectivity index (χ2n) is 14.4. The summed E-state index contributed by atoms with van der Waals surface area (Å²) < 4.78 is 18.0. The zero-order chi connectivity index (χ0) is 35.9. The van der Waals surface area contributed by atoms with Crippen molar-refractivity contribution < 1.29 is 14.0 Å². The molecule has 1 N–H and O–H groups in total. The highest BCUT2D eigenvalue weighted by atomic mass is 19.1. The molecule has 3 aliphatic heterocycles. The monoisotopic (exact) mass is 711 g/mol. The SMILES string of the molecule is O=C1CCC(n2ccc3c(CCCN4CCN(c5cccc(-c6cnc7ccc(N8CCC[C@@H]8c8cccc(F)c8)nn67)n5)CC4)cccc32)C(=O)N1. The van der Waals surface area contributed by atoms with Crippen LogP contribution in [0.4, 0.5) is 16.0 Å². The number of fused-ring (bicyclic) bond motifs is 2. The van der Waals surface area contributed by atoms with E-state index < -0.39 is 0 Å². The first-order valence-electron chi connectivity index (χ1n) is 18.7. The van der Waals surface area contributed by atoms with E-state index >= 15 is 0 Å². The van der Waals surface area contributed by atoms with Crippen LogP contribution in [0.25, 0.3) is 27.9 Å². The maximum Gasteiger partial charge on any atom is 0.249 e. The van der Waals surface area contributed by atoms with Crippen molar-refractivity contribution in [3.63, 3.8) is 0 Å². The lowest BCUT2D eigenvalue weighted by Crippen LogP contribution is -2.47. The van der Waals surface area contributed by atoms with Crippen LogP contribution in [0.1, 0.15) is 55.3 Å². The molecule has 2 aromatic carbocycles. The Morgan fingerprint density at radius 1 is 0.849 bits per heavy atom. The molecule has 4 aromatic heterocycles. The average Bonchev–Trinajstić information content (AvgIpc) is 3.94. The predicted molar refractivity (Wildman–Crippen MR) is 202 cm³/mol. The van der Waals surface area contributed by atoms with Crippen LogP contribution in [-0.4, -0.2) is 80.1 Å². The van der Waals surface area contributed by atoms with Gasteiger partial charge >= 0.3 is 0 Å². The molecule has 7 heterocycles. The first-order valence-corrected chi connectivity index (χ1v) is 18.7. The van der Waals surface area contributed by atoms with E-state index in [-0.39, 0.29) is 29.7 Å². The molecular weight excluding hydrogens is 670 g/mol. The number of piperazine rings is 1. The van der Waals surface area contributed by atoms with Crippen LogP contribution in [0.15, 0.2) is 91.3 Å². The standard InChI is InChI=1S/C41H42FN9O2/c42-30-9-1-7-29(26-30)33-12-5-20-50(33)39-16-15-37-43-27-36(51(37)46-39)32-10-3-13-38(44-32)48-24-22-47(23-25-48)19-4-8-28-6-2-11-34-31(28)18-21-49(34)35-14-17-40(52)45-41(35)53/h1-3,6-7,9-11,13,15-16,18,21,26-27,33,35H,4-5,8,12,14,17,19-20,22-25H2,(H,45,52,53)/t33-,35?/m1/s1. The zero-order valence-corrected chi connectivity index (χ0v) is 29.6. The number of nitrogens with one attached hydrogen (secondary N) is 1. The molecule has 0 aliphatic carbocycles. The van der Waals surface area contributed by atoms with Gasteiger partial charge in [-0.05, 0) is 98.3 Å². The van der Waals surface area contributed by atoms with Gasteiger partial charge in [0.15, 0.2) is 5.65 Å². The number of piperidine rings is 1. The van der Waals surface area contributed by atoms with E-state index in [0.29, 0.717) is 12.8 Å². The van der Waals surface area contributed by atoms with Crippen molar-refractivity contribution in [2.75, 3.05) is 49.1 Å². The highest BCUT2D eigenvalue weighted by molar-refractivity contribution is 6.00. The number of hydrogen-bond acceptors (Lipinski definition) is 8. The number of nitrogens with zero attached hydrogens (tertiary/aromatic N) is 8. The highest BCUT2D eigenvalue weighted by Crippen LogP contribution is 2.36. The van der Waals surface area contributed by atoms with Gasteiger partial charge in [0.1, 0.15) is 29.2 Å². The van der Waals surface area contributed by atoms with Crippen LogP contribution in [-0.2, 0) is 16.0 Å². The predicted octanol–water partition coefficient (Wildman–Crippen LogP) is 5.96. The van der Waals surface area contributed by atoms with Gasteiger partial charge < -0.3 is 14.4 Å². The number of imidazole rings is 1. The van der Waals surface area contributed by atoms with Crippen LogP contribution in [0.5, 0.6) is 0 Å². The third kappa shape index (κ3) is 6.52. The Labute approximate surface area is 307 Å². The van der Waals surface area contributed by atoms with E-state index in [9.17, 15) is 14.0 Å². The first-order chi connectivity index (χ1) is 26.0. The Balaban J connectivity index is 0.836. The summed E-state index contributed by atoms with van der Waals surface area (Å²) in [6.07, 6.45) is 8.70. The molecule has 0 spiro atoms. The molecule has 270 valence electrons. The van der Waals surface area contributed by atoms with Crippen LogP contribution < -0.4 is 15.1 Å². The van der Waals surface area contributed by atoms with Gasteiger partial charge in [-0.15, -0.1) is 5.10 Å². The molecule has 2 atom stereocenters. The molecule has 0 bridgehead atoms. The van der Waals surface area contributed by atoms with E-state index in [1.807, 2.05) is 45.7 Å². The lowest BCUT2D eigenvalue weighted by atomic mass is 10.0. The number of rotatable bonds is 9. The minimum Gasteiger partial charge on any atom is -0.354 e. The van der Waals surface area contributed by atoms with Crippen molar-refractivity contribution in [3.8, 4) is 11.4 Å². The zero-order valence-electron chi connectivity index (χ0n) is 29.6. The highest BCUT2D eigenvalue weighted by Gasteiger charge is 2.30. The van der Waals surface area contributed by atoms with Gasteiger partial charge in [0.25, 0.3) is 0 Å². The van der Waals surface area contributed by atoms with Gasteiger partial charge in [0.05, 0.1) is 17.9 Å². The second-order valence-corrected chi connectivity index (χ2v) is 14.4. The topological polar surface area (TPSA) is 104 Å². The lowest BCUT2D eigenvalue weighted by Gasteiger charge is -2.35. The summed E-state index contributed by atoms with van der Waals surface area (Å²) in [6, 6.07) is 25.2. The number of hydrogen-bond donors (Lipinski definition) is 1. The Morgan fingerprint density at radius 3 is 2.58 bits per heavy atom. The normalized spacial score (nSPS) is 19.8. The molecule has 12 heteroatoms. The number of benzene rings is 2. The third-order valence-corrected chi connectivity index (χ3v) is 11.1. The maximum atomic E-state index is 14.1. The van der Waals surface area contributed by atoms with Gasteiger partial charge in [-0.25, -0.2) is 18.9 Å². The quantitative estimate of drug-likeness (QED) is 0.184. The molecule has 11 nitrogen and oxygen atoms in total. The molecule has 6 aromatic rings. The summed E-state index contributed by atoms with van der Waals surface area (Å²) in [4.78, 5) is 41.1. The molecular formula is C41H42FN9O2. The van der Waals surface area contributed by atoms with Gasteiger partial charge in [0, 0.05) is 56.2 Å². The average molecular weight is 712 g/mol. The number of aromatic nitrogens is 5. The minimum absolute atomic E-state index is 0.0803. The fourth-order valence-corrected chi connectivity index (χ4v) is 8.42. The molecule has 3 aliphatic rings. The van der Waals surface area contributed by atoms with Crippen LogP contribution in [0.3, 0.4) is 0 Å².